The summed E-state index contributed by atoms with van der Waals surface area (Å²) in [5.41, 5.74) is 3.07. The first-order valence-corrected chi connectivity index (χ1v) is 7.38. The normalized spacial score (nSPS) is 16.9. The molecule has 0 bridgehead atoms. The number of aryl methyl sites for hydroxylation is 1. The van der Waals surface area contributed by atoms with Crippen LogP contribution in [0.2, 0.25) is 0 Å². The van der Waals surface area contributed by atoms with E-state index in [1.54, 1.807) is 10.7 Å². The standard InChI is InChI=1S/C16H17N3O2/c20-16(14-10-15-19(17-14)7-3-9-21-15)18-8-6-12-4-1-2-5-13(12)11-18/h1-2,4-5,10H,3,6-9,11H2. The number of benzene rings is 1. The van der Waals surface area contributed by atoms with Gasteiger partial charge in [-0.1, -0.05) is 24.3 Å². The minimum atomic E-state index is -0.00463. The van der Waals surface area contributed by atoms with Gasteiger partial charge in [0.05, 0.1) is 6.61 Å². The molecule has 4 rings (SSSR count). The van der Waals surface area contributed by atoms with E-state index in [0.717, 1.165) is 25.9 Å². The molecule has 21 heavy (non-hydrogen) atoms. The van der Waals surface area contributed by atoms with Crippen molar-refractivity contribution in [3.8, 4) is 5.88 Å². The van der Waals surface area contributed by atoms with Crippen molar-refractivity contribution < 1.29 is 9.53 Å². The first kappa shape index (κ1) is 12.4. The van der Waals surface area contributed by atoms with E-state index in [4.69, 9.17) is 4.74 Å². The van der Waals surface area contributed by atoms with Gasteiger partial charge in [0.2, 0.25) is 5.88 Å². The van der Waals surface area contributed by atoms with Gasteiger partial charge >= 0.3 is 0 Å². The van der Waals surface area contributed by atoms with Crippen LogP contribution in [-0.4, -0.2) is 33.7 Å². The fraction of sp³-hybridized carbons (Fsp3) is 0.375. The van der Waals surface area contributed by atoms with Crippen molar-refractivity contribution in [1.82, 2.24) is 14.7 Å². The molecule has 1 aromatic carbocycles. The number of carbonyl (C=O) groups is 1. The molecule has 0 spiro atoms. The van der Waals surface area contributed by atoms with Crippen molar-refractivity contribution in [3.63, 3.8) is 0 Å². The molecule has 0 aliphatic carbocycles. The molecule has 0 atom stereocenters. The molecular formula is C16H17N3O2. The minimum absolute atomic E-state index is 0.00463. The topological polar surface area (TPSA) is 47.4 Å². The quantitative estimate of drug-likeness (QED) is 0.802. The Balaban J connectivity index is 1.57. The zero-order valence-electron chi connectivity index (χ0n) is 11.8. The lowest BCUT2D eigenvalue weighted by Gasteiger charge is -2.28. The van der Waals surface area contributed by atoms with E-state index in [-0.39, 0.29) is 5.91 Å². The molecule has 0 unspecified atom stereocenters. The number of nitrogens with zero attached hydrogens (tertiary/aromatic N) is 3. The average Bonchev–Trinajstić information content (AvgIpc) is 2.97. The first-order chi connectivity index (χ1) is 10.3. The SMILES string of the molecule is O=C(c1cc2n(n1)CCCO2)N1CCc2ccccc2C1. The van der Waals surface area contributed by atoms with E-state index >= 15 is 0 Å². The summed E-state index contributed by atoms with van der Waals surface area (Å²) >= 11 is 0. The Kier molecular flexibility index (Phi) is 2.91. The van der Waals surface area contributed by atoms with Crippen LogP contribution in [0.25, 0.3) is 0 Å². The first-order valence-electron chi connectivity index (χ1n) is 7.38. The summed E-state index contributed by atoms with van der Waals surface area (Å²) in [6.45, 7) is 2.94. The van der Waals surface area contributed by atoms with Crippen LogP contribution >= 0.6 is 0 Å². The molecule has 2 aliphatic rings. The minimum Gasteiger partial charge on any atom is -0.478 e. The molecule has 5 nitrogen and oxygen atoms in total. The van der Waals surface area contributed by atoms with Gasteiger partial charge in [0.1, 0.15) is 0 Å². The number of ether oxygens (including phenoxy) is 1. The van der Waals surface area contributed by atoms with Crippen LogP contribution in [0.3, 0.4) is 0 Å². The molecule has 2 aliphatic heterocycles. The number of hydrogen-bond donors (Lipinski definition) is 0. The summed E-state index contributed by atoms with van der Waals surface area (Å²) in [5, 5.41) is 4.38. The highest BCUT2D eigenvalue weighted by atomic mass is 16.5. The summed E-state index contributed by atoms with van der Waals surface area (Å²) in [7, 11) is 0. The fourth-order valence-corrected chi connectivity index (χ4v) is 3.00. The number of rotatable bonds is 1. The number of amides is 1. The average molecular weight is 283 g/mol. The summed E-state index contributed by atoms with van der Waals surface area (Å²) in [4.78, 5) is 14.5. The van der Waals surface area contributed by atoms with Gasteiger partial charge in [-0.2, -0.15) is 5.10 Å². The third-order valence-electron chi connectivity index (χ3n) is 4.14. The van der Waals surface area contributed by atoms with Crippen LogP contribution < -0.4 is 4.74 Å². The van der Waals surface area contributed by atoms with Gasteiger partial charge in [-0.15, -0.1) is 0 Å². The monoisotopic (exact) mass is 283 g/mol. The summed E-state index contributed by atoms with van der Waals surface area (Å²) < 4.78 is 7.31. The molecule has 0 N–H and O–H groups in total. The molecule has 1 amide bonds. The van der Waals surface area contributed by atoms with Crippen LogP contribution in [-0.2, 0) is 19.5 Å². The Morgan fingerprint density at radius 2 is 2.05 bits per heavy atom. The maximum atomic E-state index is 12.6. The molecule has 3 heterocycles. The Morgan fingerprint density at radius 3 is 2.90 bits per heavy atom. The molecule has 1 aromatic heterocycles. The third-order valence-corrected chi connectivity index (χ3v) is 4.14. The van der Waals surface area contributed by atoms with Crippen molar-refractivity contribution in [2.75, 3.05) is 13.2 Å². The summed E-state index contributed by atoms with van der Waals surface area (Å²) in [6, 6.07) is 10.1. The second-order valence-corrected chi connectivity index (χ2v) is 5.54. The second-order valence-electron chi connectivity index (χ2n) is 5.54. The van der Waals surface area contributed by atoms with Crippen molar-refractivity contribution >= 4 is 5.91 Å². The fourth-order valence-electron chi connectivity index (χ4n) is 3.00. The van der Waals surface area contributed by atoms with Crippen molar-refractivity contribution in [1.29, 1.82) is 0 Å². The van der Waals surface area contributed by atoms with Crippen molar-refractivity contribution in [2.45, 2.75) is 25.9 Å². The highest BCUT2D eigenvalue weighted by Crippen LogP contribution is 2.23. The molecular weight excluding hydrogens is 266 g/mol. The molecule has 2 aromatic rings. The highest BCUT2D eigenvalue weighted by molar-refractivity contribution is 5.92. The molecule has 0 radical (unpaired) electrons. The Bertz CT molecular complexity index is 669. The lowest BCUT2D eigenvalue weighted by molar-refractivity contribution is 0.0727. The second kappa shape index (κ2) is 4.91. The molecule has 0 saturated carbocycles. The van der Waals surface area contributed by atoms with E-state index < -0.39 is 0 Å². The van der Waals surface area contributed by atoms with E-state index in [9.17, 15) is 4.79 Å². The van der Waals surface area contributed by atoms with Gasteiger partial charge < -0.3 is 9.64 Å². The summed E-state index contributed by atoms with van der Waals surface area (Å²) in [6.07, 6.45) is 1.85. The van der Waals surface area contributed by atoms with Gasteiger partial charge in [0.15, 0.2) is 5.69 Å². The maximum absolute atomic E-state index is 12.6. The number of carbonyl (C=O) groups excluding carboxylic acids is 1. The van der Waals surface area contributed by atoms with E-state index in [1.807, 2.05) is 11.0 Å². The number of fused-ring (bicyclic) bond motifs is 2. The zero-order chi connectivity index (χ0) is 14.2. The van der Waals surface area contributed by atoms with Crippen molar-refractivity contribution in [2.24, 2.45) is 0 Å². The number of hydrogen-bond acceptors (Lipinski definition) is 3. The van der Waals surface area contributed by atoms with E-state index in [0.29, 0.717) is 24.7 Å². The lowest BCUT2D eigenvalue weighted by Crippen LogP contribution is -2.36. The van der Waals surface area contributed by atoms with Crippen LogP contribution in [0.4, 0.5) is 0 Å². The van der Waals surface area contributed by atoms with Crippen LogP contribution in [0.1, 0.15) is 28.0 Å². The van der Waals surface area contributed by atoms with Crippen LogP contribution in [0.5, 0.6) is 5.88 Å². The maximum Gasteiger partial charge on any atom is 0.274 e. The van der Waals surface area contributed by atoms with Gasteiger partial charge in [-0.3, -0.25) is 4.79 Å². The van der Waals surface area contributed by atoms with Crippen LogP contribution in [0, 0.1) is 0 Å². The third kappa shape index (κ3) is 2.18. The molecule has 108 valence electrons. The molecule has 0 fully saturated rings. The Labute approximate surface area is 123 Å². The molecule has 5 heteroatoms. The highest BCUT2D eigenvalue weighted by Gasteiger charge is 2.25. The van der Waals surface area contributed by atoms with Gasteiger partial charge in [-0.05, 0) is 17.5 Å². The Morgan fingerprint density at radius 1 is 1.19 bits per heavy atom. The lowest BCUT2D eigenvalue weighted by atomic mass is 10.00. The van der Waals surface area contributed by atoms with Gasteiger partial charge in [0.25, 0.3) is 5.91 Å². The predicted octanol–water partition coefficient (Wildman–Crippen LogP) is 1.86. The van der Waals surface area contributed by atoms with E-state index in [2.05, 4.69) is 23.3 Å². The zero-order valence-corrected chi connectivity index (χ0v) is 11.8. The van der Waals surface area contributed by atoms with Crippen molar-refractivity contribution in [3.05, 3.63) is 47.2 Å². The number of aromatic nitrogens is 2. The largest absolute Gasteiger partial charge is 0.478 e. The molecule has 0 saturated heterocycles. The van der Waals surface area contributed by atoms with Gasteiger partial charge in [0, 0.05) is 32.1 Å². The predicted molar refractivity (Wildman–Crippen MR) is 77.2 cm³/mol. The van der Waals surface area contributed by atoms with Gasteiger partial charge in [-0.25, -0.2) is 4.68 Å². The van der Waals surface area contributed by atoms with Crippen LogP contribution in [0.15, 0.2) is 30.3 Å². The Hall–Kier alpha value is -2.30. The summed E-state index contributed by atoms with van der Waals surface area (Å²) in [5.74, 6) is 0.706. The smallest absolute Gasteiger partial charge is 0.274 e. The van der Waals surface area contributed by atoms with E-state index in [1.165, 1.54) is 11.1 Å².